The summed E-state index contributed by atoms with van der Waals surface area (Å²) in [5.41, 5.74) is 1.96. The first-order valence-corrected chi connectivity index (χ1v) is 4.31. The van der Waals surface area contributed by atoms with Gasteiger partial charge in [-0.05, 0) is 23.8 Å². The topological polar surface area (TPSA) is 35.5 Å². The molecule has 0 bridgehead atoms. The molecule has 0 N–H and O–H groups in total. The number of rotatable bonds is 1. The molecule has 2 rings (SSSR count). The van der Waals surface area contributed by atoms with Crippen molar-refractivity contribution in [1.29, 1.82) is 0 Å². The van der Waals surface area contributed by atoms with Crippen molar-refractivity contribution in [3.63, 3.8) is 0 Å². The molecule has 0 saturated carbocycles. The zero-order valence-electron chi connectivity index (χ0n) is 7.82. The summed E-state index contributed by atoms with van der Waals surface area (Å²) in [7, 11) is 1.61. The lowest BCUT2D eigenvalue weighted by Crippen LogP contribution is -1.98. The van der Waals surface area contributed by atoms with Crippen LogP contribution in [0.2, 0.25) is 0 Å². The fraction of sp³-hybridized carbons (Fsp3) is 0.182. The van der Waals surface area contributed by atoms with Crippen molar-refractivity contribution in [1.82, 2.24) is 0 Å². The lowest BCUT2D eigenvalue weighted by molar-refractivity contribution is -0.138. The van der Waals surface area contributed by atoms with Crippen LogP contribution in [0.25, 0.3) is 6.08 Å². The SMILES string of the molecule is COc1ccc2c(c1)COC(=O)C=C2. The quantitative estimate of drug-likeness (QED) is 0.633. The van der Waals surface area contributed by atoms with Gasteiger partial charge in [0.05, 0.1) is 7.11 Å². The molecule has 0 aromatic heterocycles. The number of methoxy groups -OCH3 is 1. The molecule has 14 heavy (non-hydrogen) atoms. The Labute approximate surface area is 81.9 Å². The van der Waals surface area contributed by atoms with E-state index >= 15 is 0 Å². The monoisotopic (exact) mass is 190 g/mol. The Morgan fingerprint density at radius 1 is 1.36 bits per heavy atom. The maximum atomic E-state index is 11.0. The second-order valence-electron chi connectivity index (χ2n) is 3.01. The van der Waals surface area contributed by atoms with Crippen LogP contribution in [0.5, 0.6) is 5.75 Å². The molecule has 1 aromatic carbocycles. The van der Waals surface area contributed by atoms with E-state index in [1.807, 2.05) is 18.2 Å². The molecule has 0 atom stereocenters. The molecule has 0 aliphatic carbocycles. The van der Waals surface area contributed by atoms with Gasteiger partial charge in [0, 0.05) is 11.6 Å². The van der Waals surface area contributed by atoms with Gasteiger partial charge >= 0.3 is 5.97 Å². The normalized spacial score (nSPS) is 14.2. The third-order valence-corrected chi connectivity index (χ3v) is 2.12. The predicted octanol–water partition coefficient (Wildman–Crippen LogP) is 1.77. The third-order valence-electron chi connectivity index (χ3n) is 2.12. The van der Waals surface area contributed by atoms with Crippen LogP contribution >= 0.6 is 0 Å². The smallest absolute Gasteiger partial charge is 0.331 e. The standard InChI is InChI=1S/C11H10O3/c1-13-10-4-2-8-3-5-11(12)14-7-9(8)6-10/h2-6H,7H2,1H3. The summed E-state index contributed by atoms with van der Waals surface area (Å²) < 4.78 is 10.0. The fourth-order valence-electron chi connectivity index (χ4n) is 1.35. The predicted molar refractivity (Wildman–Crippen MR) is 51.8 cm³/mol. The van der Waals surface area contributed by atoms with Crippen LogP contribution in [-0.2, 0) is 16.1 Å². The minimum Gasteiger partial charge on any atom is -0.497 e. The number of carbonyl (C=O) groups is 1. The Bertz CT molecular complexity index is 394. The number of cyclic esters (lactones) is 1. The van der Waals surface area contributed by atoms with E-state index in [4.69, 9.17) is 9.47 Å². The van der Waals surface area contributed by atoms with E-state index in [1.165, 1.54) is 6.08 Å². The second-order valence-corrected chi connectivity index (χ2v) is 3.01. The molecule has 0 unspecified atom stereocenters. The maximum Gasteiger partial charge on any atom is 0.331 e. The molecule has 1 aromatic rings. The van der Waals surface area contributed by atoms with Gasteiger partial charge < -0.3 is 9.47 Å². The van der Waals surface area contributed by atoms with Crippen molar-refractivity contribution in [2.45, 2.75) is 6.61 Å². The van der Waals surface area contributed by atoms with Crippen LogP contribution in [0.15, 0.2) is 24.3 Å². The molecule has 0 radical (unpaired) electrons. The number of esters is 1. The highest BCUT2D eigenvalue weighted by Gasteiger charge is 2.09. The summed E-state index contributed by atoms with van der Waals surface area (Å²) in [5.74, 6) is 0.468. The Balaban J connectivity index is 2.40. The average Bonchev–Trinajstić information content (AvgIpc) is 2.40. The van der Waals surface area contributed by atoms with Crippen molar-refractivity contribution in [2.24, 2.45) is 0 Å². The lowest BCUT2D eigenvalue weighted by Gasteiger charge is -2.06. The van der Waals surface area contributed by atoms with Gasteiger partial charge in [-0.1, -0.05) is 6.07 Å². The highest BCUT2D eigenvalue weighted by molar-refractivity contribution is 5.88. The van der Waals surface area contributed by atoms with E-state index in [1.54, 1.807) is 13.2 Å². The van der Waals surface area contributed by atoms with E-state index in [0.29, 0.717) is 6.61 Å². The zero-order valence-corrected chi connectivity index (χ0v) is 7.82. The summed E-state index contributed by atoms with van der Waals surface area (Å²) in [5, 5.41) is 0. The summed E-state index contributed by atoms with van der Waals surface area (Å²) in [6, 6.07) is 5.64. The number of hydrogen-bond acceptors (Lipinski definition) is 3. The van der Waals surface area contributed by atoms with Crippen molar-refractivity contribution < 1.29 is 14.3 Å². The van der Waals surface area contributed by atoms with Gasteiger partial charge in [-0.3, -0.25) is 0 Å². The summed E-state index contributed by atoms with van der Waals surface area (Å²) in [6.07, 6.45) is 3.18. The molecule has 72 valence electrons. The molecule has 3 nitrogen and oxygen atoms in total. The third kappa shape index (κ3) is 1.62. The number of hydrogen-bond donors (Lipinski definition) is 0. The molecular weight excluding hydrogens is 180 g/mol. The van der Waals surface area contributed by atoms with Gasteiger partial charge in [-0.2, -0.15) is 0 Å². The number of benzene rings is 1. The number of fused-ring (bicyclic) bond motifs is 1. The van der Waals surface area contributed by atoms with Gasteiger partial charge in [-0.25, -0.2) is 4.79 Å². The molecule has 1 aliphatic heterocycles. The molecule has 0 fully saturated rings. The number of ether oxygens (including phenoxy) is 2. The van der Waals surface area contributed by atoms with Crippen LogP contribution in [0.3, 0.4) is 0 Å². The van der Waals surface area contributed by atoms with Gasteiger partial charge in [0.1, 0.15) is 12.4 Å². The Hall–Kier alpha value is -1.77. The largest absolute Gasteiger partial charge is 0.497 e. The van der Waals surface area contributed by atoms with E-state index < -0.39 is 0 Å². The minimum atomic E-state index is -0.305. The van der Waals surface area contributed by atoms with Crippen LogP contribution < -0.4 is 4.74 Å². The first kappa shape index (κ1) is 8.81. The molecule has 0 spiro atoms. The fourth-order valence-corrected chi connectivity index (χ4v) is 1.35. The summed E-state index contributed by atoms with van der Waals surface area (Å²) in [4.78, 5) is 11.0. The van der Waals surface area contributed by atoms with Crippen molar-refractivity contribution in [3.8, 4) is 5.75 Å². The maximum absolute atomic E-state index is 11.0. The molecular formula is C11H10O3. The molecule has 3 heteroatoms. The molecule has 0 saturated heterocycles. The molecule has 0 amide bonds. The second kappa shape index (κ2) is 3.54. The van der Waals surface area contributed by atoms with Gasteiger partial charge in [-0.15, -0.1) is 0 Å². The lowest BCUT2D eigenvalue weighted by atomic mass is 10.1. The summed E-state index contributed by atoms with van der Waals surface area (Å²) in [6.45, 7) is 0.304. The van der Waals surface area contributed by atoms with Crippen molar-refractivity contribution in [3.05, 3.63) is 35.4 Å². The van der Waals surface area contributed by atoms with E-state index in [2.05, 4.69) is 0 Å². The van der Waals surface area contributed by atoms with Gasteiger partial charge in [0.25, 0.3) is 0 Å². The van der Waals surface area contributed by atoms with Crippen molar-refractivity contribution in [2.75, 3.05) is 7.11 Å². The Kier molecular flexibility index (Phi) is 2.23. The van der Waals surface area contributed by atoms with Crippen LogP contribution in [0.4, 0.5) is 0 Å². The van der Waals surface area contributed by atoms with Crippen LogP contribution in [-0.4, -0.2) is 13.1 Å². The zero-order chi connectivity index (χ0) is 9.97. The first-order chi connectivity index (χ1) is 6.79. The highest BCUT2D eigenvalue weighted by atomic mass is 16.5. The summed E-state index contributed by atoms with van der Waals surface area (Å²) >= 11 is 0. The average molecular weight is 190 g/mol. The van der Waals surface area contributed by atoms with E-state index in [9.17, 15) is 4.79 Å². The Morgan fingerprint density at radius 3 is 3.00 bits per heavy atom. The van der Waals surface area contributed by atoms with Gasteiger partial charge in [0.2, 0.25) is 0 Å². The molecule has 1 heterocycles. The minimum absolute atomic E-state index is 0.304. The Morgan fingerprint density at radius 2 is 2.21 bits per heavy atom. The van der Waals surface area contributed by atoms with Crippen LogP contribution in [0, 0.1) is 0 Å². The first-order valence-electron chi connectivity index (χ1n) is 4.31. The van der Waals surface area contributed by atoms with E-state index in [-0.39, 0.29) is 5.97 Å². The van der Waals surface area contributed by atoms with E-state index in [0.717, 1.165) is 16.9 Å². The van der Waals surface area contributed by atoms with Gasteiger partial charge in [0.15, 0.2) is 0 Å². The highest BCUT2D eigenvalue weighted by Crippen LogP contribution is 2.21. The van der Waals surface area contributed by atoms with Crippen molar-refractivity contribution >= 4 is 12.0 Å². The van der Waals surface area contributed by atoms with Crippen LogP contribution in [0.1, 0.15) is 11.1 Å². The number of carbonyl (C=O) groups excluding carboxylic acids is 1. The molecule has 1 aliphatic rings.